The Labute approximate surface area is 149 Å². The number of hydrogen-bond donors (Lipinski definition) is 3. The molecule has 2 fully saturated rings. The molecule has 0 aliphatic carbocycles. The van der Waals surface area contributed by atoms with Crippen molar-refractivity contribution < 1.29 is 33.2 Å². The van der Waals surface area contributed by atoms with Crippen molar-refractivity contribution in [2.24, 2.45) is 5.92 Å². The number of likely N-dealkylation sites (tertiary alicyclic amines) is 1. The molecule has 2 aliphatic heterocycles. The average molecular weight is 376 g/mol. The summed E-state index contributed by atoms with van der Waals surface area (Å²) in [6.07, 6.45) is -7.10. The first-order chi connectivity index (χ1) is 12.2. The predicted molar refractivity (Wildman–Crippen MR) is 87.9 cm³/mol. The quantitative estimate of drug-likeness (QED) is 0.722. The van der Waals surface area contributed by atoms with E-state index in [-0.39, 0.29) is 24.8 Å². The number of benzene rings is 1. The summed E-state index contributed by atoms with van der Waals surface area (Å²) in [7, 11) is 0. The average Bonchev–Trinajstić information content (AvgIpc) is 3.00. The van der Waals surface area contributed by atoms with E-state index in [4.69, 9.17) is 0 Å². The van der Waals surface area contributed by atoms with Crippen molar-refractivity contribution in [3.05, 3.63) is 24.3 Å². The van der Waals surface area contributed by atoms with Crippen molar-refractivity contribution >= 4 is 5.69 Å². The van der Waals surface area contributed by atoms with E-state index in [0.29, 0.717) is 25.3 Å². The molecule has 6 nitrogen and oxygen atoms in total. The van der Waals surface area contributed by atoms with Crippen LogP contribution in [0.2, 0.25) is 0 Å². The van der Waals surface area contributed by atoms with E-state index in [2.05, 4.69) is 4.74 Å². The van der Waals surface area contributed by atoms with Gasteiger partial charge in [-0.2, -0.15) is 0 Å². The topological polar surface area (TPSA) is 76.4 Å². The SMILES string of the molecule is O[C@H]1[C@H](O)CN(C[C@H]2CCN(c3ccccc3OC(F)(F)F)C2)C[C@@H]1O. The van der Waals surface area contributed by atoms with Crippen molar-refractivity contribution in [1.29, 1.82) is 0 Å². The van der Waals surface area contributed by atoms with E-state index in [1.54, 1.807) is 12.1 Å². The molecule has 2 saturated heterocycles. The summed E-state index contributed by atoms with van der Waals surface area (Å²) in [5.74, 6) is -0.0313. The number of β-amino-alcohol motifs (C(OH)–C–C–N with tert-alkyl or cyclic N) is 2. The van der Waals surface area contributed by atoms with Gasteiger partial charge in [0.05, 0.1) is 17.9 Å². The van der Waals surface area contributed by atoms with E-state index in [1.807, 2.05) is 9.80 Å². The third kappa shape index (κ3) is 4.59. The second-order valence-corrected chi connectivity index (χ2v) is 6.96. The van der Waals surface area contributed by atoms with E-state index in [1.165, 1.54) is 12.1 Å². The normalized spacial score (nSPS) is 30.6. The van der Waals surface area contributed by atoms with E-state index in [9.17, 15) is 28.5 Å². The lowest BCUT2D eigenvalue weighted by Gasteiger charge is -2.38. The van der Waals surface area contributed by atoms with Crippen LogP contribution < -0.4 is 9.64 Å². The van der Waals surface area contributed by atoms with Gasteiger partial charge < -0.3 is 25.0 Å². The number of hydrogen-bond acceptors (Lipinski definition) is 6. The zero-order chi connectivity index (χ0) is 18.9. The van der Waals surface area contributed by atoms with Crippen LogP contribution in [0, 0.1) is 5.92 Å². The first-order valence-electron chi connectivity index (χ1n) is 8.59. The molecule has 1 aromatic rings. The van der Waals surface area contributed by atoms with Crippen LogP contribution in [0.15, 0.2) is 24.3 Å². The molecule has 146 valence electrons. The van der Waals surface area contributed by atoms with E-state index >= 15 is 0 Å². The number of halogens is 3. The maximum Gasteiger partial charge on any atom is 0.573 e. The van der Waals surface area contributed by atoms with E-state index in [0.717, 1.165) is 6.42 Å². The number of ether oxygens (including phenoxy) is 1. The zero-order valence-electron chi connectivity index (χ0n) is 14.1. The molecule has 1 aromatic carbocycles. The molecule has 4 atom stereocenters. The molecule has 0 radical (unpaired) electrons. The second kappa shape index (κ2) is 7.59. The van der Waals surface area contributed by atoms with Crippen LogP contribution in [0.25, 0.3) is 0 Å². The number of nitrogens with zero attached hydrogens (tertiary/aromatic N) is 2. The molecule has 2 aliphatic rings. The summed E-state index contributed by atoms with van der Waals surface area (Å²) in [5.41, 5.74) is 0.404. The molecule has 0 unspecified atom stereocenters. The summed E-state index contributed by atoms with van der Waals surface area (Å²) in [5, 5.41) is 29.2. The van der Waals surface area contributed by atoms with Gasteiger partial charge in [0.1, 0.15) is 6.10 Å². The van der Waals surface area contributed by atoms with Gasteiger partial charge in [-0.25, -0.2) is 0 Å². The van der Waals surface area contributed by atoms with Crippen molar-refractivity contribution in [3.63, 3.8) is 0 Å². The summed E-state index contributed by atoms with van der Waals surface area (Å²) >= 11 is 0. The number of para-hydroxylation sites is 2. The van der Waals surface area contributed by atoms with Crippen LogP contribution in [0.4, 0.5) is 18.9 Å². The minimum Gasteiger partial charge on any atom is -0.404 e. The highest BCUT2D eigenvalue weighted by atomic mass is 19.4. The molecule has 9 heteroatoms. The van der Waals surface area contributed by atoms with Gasteiger partial charge in [0.15, 0.2) is 5.75 Å². The number of aliphatic hydroxyl groups excluding tert-OH is 3. The van der Waals surface area contributed by atoms with Gasteiger partial charge in [-0.1, -0.05) is 12.1 Å². The van der Waals surface area contributed by atoms with E-state index < -0.39 is 24.7 Å². The first kappa shape index (κ1) is 19.2. The van der Waals surface area contributed by atoms with Crippen molar-refractivity contribution in [2.45, 2.75) is 31.1 Å². The fourth-order valence-corrected chi connectivity index (χ4v) is 3.72. The largest absolute Gasteiger partial charge is 0.573 e. The molecule has 0 spiro atoms. The predicted octanol–water partition coefficient (Wildman–Crippen LogP) is 0.810. The minimum atomic E-state index is -4.74. The third-order valence-corrected chi connectivity index (χ3v) is 4.91. The summed E-state index contributed by atoms with van der Waals surface area (Å²) < 4.78 is 41.9. The Hall–Kier alpha value is -1.55. The minimum absolute atomic E-state index is 0.184. The second-order valence-electron chi connectivity index (χ2n) is 6.96. The van der Waals surface area contributed by atoms with Gasteiger partial charge in [0.25, 0.3) is 0 Å². The lowest BCUT2D eigenvalue weighted by Crippen LogP contribution is -2.56. The number of alkyl halides is 3. The Balaban J connectivity index is 1.61. The fourth-order valence-electron chi connectivity index (χ4n) is 3.72. The van der Waals surface area contributed by atoms with Gasteiger partial charge >= 0.3 is 6.36 Å². The Bertz CT molecular complexity index is 604. The summed E-state index contributed by atoms with van der Waals surface area (Å²) in [6, 6.07) is 6.08. The van der Waals surface area contributed by atoms with Gasteiger partial charge in [-0.05, 0) is 24.5 Å². The first-order valence-corrected chi connectivity index (χ1v) is 8.59. The molecule has 0 amide bonds. The number of rotatable bonds is 4. The smallest absolute Gasteiger partial charge is 0.404 e. The highest BCUT2D eigenvalue weighted by molar-refractivity contribution is 5.59. The van der Waals surface area contributed by atoms with Crippen LogP contribution in [-0.4, -0.2) is 77.6 Å². The Morgan fingerprint density at radius 3 is 2.35 bits per heavy atom. The lowest BCUT2D eigenvalue weighted by atomic mass is 10.00. The Morgan fingerprint density at radius 2 is 1.69 bits per heavy atom. The molecular formula is C17H23F3N2O4. The highest BCUT2D eigenvalue weighted by Gasteiger charge is 2.36. The van der Waals surface area contributed by atoms with Crippen molar-refractivity contribution in [1.82, 2.24) is 4.90 Å². The summed E-state index contributed by atoms with van der Waals surface area (Å²) in [6.45, 7) is 2.29. The molecule has 3 rings (SSSR count). The molecule has 26 heavy (non-hydrogen) atoms. The molecule has 2 heterocycles. The van der Waals surface area contributed by atoms with Gasteiger partial charge in [0.2, 0.25) is 0 Å². The number of piperidine rings is 1. The third-order valence-electron chi connectivity index (χ3n) is 4.91. The van der Waals surface area contributed by atoms with Crippen LogP contribution in [0.3, 0.4) is 0 Å². The molecule has 0 bridgehead atoms. The molecular weight excluding hydrogens is 353 g/mol. The fraction of sp³-hybridized carbons (Fsp3) is 0.647. The Morgan fingerprint density at radius 1 is 1.04 bits per heavy atom. The van der Waals surface area contributed by atoms with Crippen LogP contribution in [0.1, 0.15) is 6.42 Å². The maximum absolute atomic E-state index is 12.6. The van der Waals surface area contributed by atoms with Crippen molar-refractivity contribution in [2.75, 3.05) is 37.6 Å². The molecule has 0 aromatic heterocycles. The highest BCUT2D eigenvalue weighted by Crippen LogP contribution is 2.35. The standard InChI is InChI=1S/C17H23F3N2O4/c18-17(19,20)26-15-4-2-1-3-12(15)22-6-5-11(8-22)7-21-9-13(23)16(25)14(24)10-21/h1-4,11,13-14,16,23-25H,5-10H2/t11-,13-,14+,16+/m1/s1. The molecule has 3 N–H and O–H groups in total. The molecule has 0 saturated carbocycles. The number of aliphatic hydroxyl groups is 3. The zero-order valence-corrected chi connectivity index (χ0v) is 14.1. The van der Waals surface area contributed by atoms with Crippen LogP contribution >= 0.6 is 0 Å². The monoisotopic (exact) mass is 376 g/mol. The Kier molecular flexibility index (Phi) is 5.61. The number of anilines is 1. The van der Waals surface area contributed by atoms with Crippen molar-refractivity contribution in [3.8, 4) is 5.75 Å². The van der Waals surface area contributed by atoms with Crippen LogP contribution in [0.5, 0.6) is 5.75 Å². The van der Waals surface area contributed by atoms with Gasteiger partial charge in [0, 0.05) is 32.7 Å². The van der Waals surface area contributed by atoms with Crippen LogP contribution in [-0.2, 0) is 0 Å². The van der Waals surface area contributed by atoms with Gasteiger partial charge in [-0.15, -0.1) is 13.2 Å². The summed E-state index contributed by atoms with van der Waals surface area (Å²) in [4.78, 5) is 3.74. The lowest BCUT2D eigenvalue weighted by molar-refractivity contribution is -0.274. The van der Waals surface area contributed by atoms with Gasteiger partial charge in [-0.3, -0.25) is 4.90 Å². The maximum atomic E-state index is 12.6.